The zero-order valence-corrected chi connectivity index (χ0v) is 8.85. The quantitative estimate of drug-likeness (QED) is 0.616. The molecule has 0 aliphatic heterocycles. The molecule has 0 aromatic carbocycles. The maximum atomic E-state index is 11.4. The molecule has 0 radical (unpaired) electrons. The molecule has 0 aromatic heterocycles. The predicted molar refractivity (Wildman–Crippen MR) is 50.3 cm³/mol. The summed E-state index contributed by atoms with van der Waals surface area (Å²) < 4.78 is 4.78. The van der Waals surface area contributed by atoms with Crippen LogP contribution in [0.25, 0.3) is 0 Å². The highest BCUT2D eigenvalue weighted by molar-refractivity contribution is 5.88. The lowest BCUT2D eigenvalue weighted by Gasteiger charge is -2.20. The van der Waals surface area contributed by atoms with E-state index in [1.165, 1.54) is 0 Å². The standard InChI is InChI=1S/C10H18O3/c1-5-8(11)10(3,4)7-9(12)13-6-2/h5-7H2,1-4H3. The minimum absolute atomic E-state index is 0.0977. The SMILES string of the molecule is CCOC(=O)CC(C)(C)C(=O)CC. The first-order chi connectivity index (χ1) is 5.94. The number of esters is 1. The molecule has 0 saturated heterocycles. The molecule has 0 aromatic rings. The van der Waals surface area contributed by atoms with E-state index in [1.54, 1.807) is 27.7 Å². The van der Waals surface area contributed by atoms with Gasteiger partial charge in [0.25, 0.3) is 0 Å². The molecule has 0 N–H and O–H groups in total. The van der Waals surface area contributed by atoms with E-state index in [9.17, 15) is 9.59 Å². The molecule has 0 fully saturated rings. The fourth-order valence-corrected chi connectivity index (χ4v) is 1.15. The molecule has 0 saturated carbocycles. The van der Waals surface area contributed by atoms with E-state index < -0.39 is 5.41 Å². The Balaban J connectivity index is 4.16. The van der Waals surface area contributed by atoms with E-state index in [-0.39, 0.29) is 18.2 Å². The lowest BCUT2D eigenvalue weighted by atomic mass is 9.83. The number of carbonyl (C=O) groups is 2. The van der Waals surface area contributed by atoms with E-state index in [1.807, 2.05) is 0 Å². The van der Waals surface area contributed by atoms with Crippen LogP contribution in [0.3, 0.4) is 0 Å². The van der Waals surface area contributed by atoms with Gasteiger partial charge in [-0.15, -0.1) is 0 Å². The third-order valence-corrected chi connectivity index (χ3v) is 1.97. The molecule has 0 aliphatic carbocycles. The van der Waals surface area contributed by atoms with Crippen LogP contribution in [0.2, 0.25) is 0 Å². The van der Waals surface area contributed by atoms with Crippen LogP contribution in [-0.2, 0) is 14.3 Å². The third-order valence-electron chi connectivity index (χ3n) is 1.97. The lowest BCUT2D eigenvalue weighted by molar-refractivity contribution is -0.148. The lowest BCUT2D eigenvalue weighted by Crippen LogP contribution is -2.27. The van der Waals surface area contributed by atoms with Crippen LogP contribution in [-0.4, -0.2) is 18.4 Å². The minimum atomic E-state index is -0.582. The largest absolute Gasteiger partial charge is 0.466 e. The Hall–Kier alpha value is -0.860. The zero-order chi connectivity index (χ0) is 10.5. The third kappa shape index (κ3) is 4.06. The summed E-state index contributed by atoms with van der Waals surface area (Å²) in [6, 6.07) is 0. The molecule has 3 nitrogen and oxygen atoms in total. The van der Waals surface area contributed by atoms with Crippen molar-refractivity contribution in [3.05, 3.63) is 0 Å². The summed E-state index contributed by atoms with van der Waals surface area (Å²) in [5.74, 6) is -0.199. The molecule has 0 rings (SSSR count). The van der Waals surface area contributed by atoms with Crippen molar-refractivity contribution in [2.24, 2.45) is 5.41 Å². The highest BCUT2D eigenvalue weighted by atomic mass is 16.5. The van der Waals surface area contributed by atoms with E-state index in [0.717, 1.165) is 0 Å². The summed E-state index contributed by atoms with van der Waals surface area (Å²) in [7, 11) is 0. The molecule has 0 bridgehead atoms. The first kappa shape index (κ1) is 12.1. The molecule has 3 heteroatoms. The van der Waals surface area contributed by atoms with Gasteiger partial charge in [-0.3, -0.25) is 9.59 Å². The molecular formula is C10H18O3. The van der Waals surface area contributed by atoms with Crippen LogP contribution < -0.4 is 0 Å². The van der Waals surface area contributed by atoms with Crippen LogP contribution in [0.1, 0.15) is 40.5 Å². The molecule has 0 spiro atoms. The fraction of sp³-hybridized carbons (Fsp3) is 0.800. The second kappa shape index (κ2) is 5.00. The topological polar surface area (TPSA) is 43.4 Å². The summed E-state index contributed by atoms with van der Waals surface area (Å²) in [5.41, 5.74) is -0.582. The summed E-state index contributed by atoms with van der Waals surface area (Å²) in [6.07, 6.45) is 0.639. The molecule has 0 amide bonds. The highest BCUT2D eigenvalue weighted by Gasteiger charge is 2.29. The summed E-state index contributed by atoms with van der Waals surface area (Å²) in [5, 5.41) is 0. The number of Topliss-reactive ketones (excluding diaryl/α,β-unsaturated/α-hetero) is 1. The molecule has 0 aliphatic rings. The van der Waals surface area contributed by atoms with Crippen LogP contribution in [0.5, 0.6) is 0 Å². The van der Waals surface area contributed by atoms with Crippen LogP contribution in [0.15, 0.2) is 0 Å². The van der Waals surface area contributed by atoms with Gasteiger partial charge in [0.15, 0.2) is 0 Å². The first-order valence-electron chi connectivity index (χ1n) is 4.63. The van der Waals surface area contributed by atoms with Crippen LogP contribution >= 0.6 is 0 Å². The zero-order valence-electron chi connectivity index (χ0n) is 8.85. The van der Waals surface area contributed by atoms with Crippen molar-refractivity contribution in [1.82, 2.24) is 0 Å². The predicted octanol–water partition coefficient (Wildman–Crippen LogP) is 1.94. The van der Waals surface area contributed by atoms with E-state index in [2.05, 4.69) is 0 Å². The van der Waals surface area contributed by atoms with Gasteiger partial charge >= 0.3 is 5.97 Å². The van der Waals surface area contributed by atoms with E-state index in [4.69, 9.17) is 4.74 Å². The van der Waals surface area contributed by atoms with Crippen LogP contribution in [0.4, 0.5) is 0 Å². The number of hydrogen-bond acceptors (Lipinski definition) is 3. The van der Waals surface area contributed by atoms with Gasteiger partial charge in [0, 0.05) is 11.8 Å². The van der Waals surface area contributed by atoms with Crippen molar-refractivity contribution in [2.45, 2.75) is 40.5 Å². The second-order valence-corrected chi connectivity index (χ2v) is 3.64. The maximum absolute atomic E-state index is 11.4. The van der Waals surface area contributed by atoms with Crippen molar-refractivity contribution in [3.63, 3.8) is 0 Å². The minimum Gasteiger partial charge on any atom is -0.466 e. The van der Waals surface area contributed by atoms with Crippen molar-refractivity contribution >= 4 is 11.8 Å². The average Bonchev–Trinajstić information content (AvgIpc) is 2.02. The van der Waals surface area contributed by atoms with Crippen molar-refractivity contribution in [1.29, 1.82) is 0 Å². The van der Waals surface area contributed by atoms with Gasteiger partial charge in [0.2, 0.25) is 0 Å². The molecule has 76 valence electrons. The molecule has 0 atom stereocenters. The summed E-state index contributed by atoms with van der Waals surface area (Å²) >= 11 is 0. The normalized spacial score (nSPS) is 11.1. The Morgan fingerprint density at radius 1 is 1.23 bits per heavy atom. The van der Waals surface area contributed by atoms with Crippen molar-refractivity contribution < 1.29 is 14.3 Å². The molecule has 0 unspecified atom stereocenters. The van der Waals surface area contributed by atoms with Gasteiger partial charge in [-0.2, -0.15) is 0 Å². The number of rotatable bonds is 5. The fourth-order valence-electron chi connectivity index (χ4n) is 1.15. The summed E-state index contributed by atoms with van der Waals surface area (Å²) in [4.78, 5) is 22.5. The average molecular weight is 186 g/mol. The van der Waals surface area contributed by atoms with Gasteiger partial charge in [0.05, 0.1) is 13.0 Å². The van der Waals surface area contributed by atoms with Crippen molar-refractivity contribution in [2.75, 3.05) is 6.61 Å². The smallest absolute Gasteiger partial charge is 0.306 e. The molecular weight excluding hydrogens is 168 g/mol. The summed E-state index contributed by atoms with van der Waals surface area (Å²) in [6.45, 7) is 7.47. The second-order valence-electron chi connectivity index (χ2n) is 3.64. The number of ether oxygens (including phenoxy) is 1. The number of ketones is 1. The Kier molecular flexibility index (Phi) is 4.67. The monoisotopic (exact) mass is 186 g/mol. The number of carbonyl (C=O) groups excluding carboxylic acids is 2. The van der Waals surface area contributed by atoms with E-state index in [0.29, 0.717) is 13.0 Å². The Bertz CT molecular complexity index is 194. The van der Waals surface area contributed by atoms with Gasteiger partial charge in [-0.1, -0.05) is 20.8 Å². The number of hydrogen-bond donors (Lipinski definition) is 0. The van der Waals surface area contributed by atoms with Gasteiger partial charge in [-0.05, 0) is 6.92 Å². The molecule has 0 heterocycles. The Labute approximate surface area is 79.5 Å². The first-order valence-corrected chi connectivity index (χ1v) is 4.63. The van der Waals surface area contributed by atoms with Gasteiger partial charge in [-0.25, -0.2) is 0 Å². The highest BCUT2D eigenvalue weighted by Crippen LogP contribution is 2.23. The van der Waals surface area contributed by atoms with E-state index >= 15 is 0 Å². The van der Waals surface area contributed by atoms with Gasteiger partial charge in [0.1, 0.15) is 5.78 Å². The van der Waals surface area contributed by atoms with Crippen molar-refractivity contribution in [3.8, 4) is 0 Å². The van der Waals surface area contributed by atoms with Gasteiger partial charge < -0.3 is 4.74 Å². The Morgan fingerprint density at radius 3 is 2.15 bits per heavy atom. The Morgan fingerprint density at radius 2 is 1.77 bits per heavy atom. The maximum Gasteiger partial charge on any atom is 0.306 e. The van der Waals surface area contributed by atoms with Crippen LogP contribution in [0, 0.1) is 5.41 Å². The molecule has 13 heavy (non-hydrogen) atoms.